The summed E-state index contributed by atoms with van der Waals surface area (Å²) in [6, 6.07) is 6.43. The molecule has 0 aliphatic carbocycles. The minimum Gasteiger partial charge on any atom is -0.436 e. The van der Waals surface area contributed by atoms with E-state index in [1.807, 2.05) is 6.07 Å². The van der Waals surface area contributed by atoms with Crippen molar-refractivity contribution in [3.8, 4) is 11.6 Å². The summed E-state index contributed by atoms with van der Waals surface area (Å²) in [6.45, 7) is 0.282. The zero-order valence-electron chi connectivity index (χ0n) is 9.16. The van der Waals surface area contributed by atoms with Crippen molar-refractivity contribution < 1.29 is 9.13 Å². The molecule has 2 rings (SSSR count). The molecule has 2 N–H and O–H groups in total. The van der Waals surface area contributed by atoms with Crippen molar-refractivity contribution in [2.45, 2.75) is 6.54 Å². The molecule has 1 heterocycles. The summed E-state index contributed by atoms with van der Waals surface area (Å²) >= 11 is 8.94. The van der Waals surface area contributed by atoms with Gasteiger partial charge in [-0.15, -0.1) is 0 Å². The molecule has 0 radical (unpaired) electrons. The number of hydrogen-bond acceptors (Lipinski definition) is 3. The zero-order valence-corrected chi connectivity index (χ0v) is 11.5. The van der Waals surface area contributed by atoms with Gasteiger partial charge in [0.2, 0.25) is 0 Å². The molecule has 0 unspecified atom stereocenters. The van der Waals surface area contributed by atoms with Gasteiger partial charge in [0.25, 0.3) is 5.88 Å². The van der Waals surface area contributed by atoms with Crippen molar-refractivity contribution >= 4 is 27.5 Å². The first-order valence-electron chi connectivity index (χ1n) is 5.07. The van der Waals surface area contributed by atoms with Crippen molar-refractivity contribution in [3.63, 3.8) is 0 Å². The molecule has 0 aliphatic heterocycles. The van der Waals surface area contributed by atoms with Crippen LogP contribution in [0.25, 0.3) is 0 Å². The summed E-state index contributed by atoms with van der Waals surface area (Å²) in [7, 11) is 0. The lowest BCUT2D eigenvalue weighted by Crippen LogP contribution is -2.01. The highest BCUT2D eigenvalue weighted by Crippen LogP contribution is 2.28. The van der Waals surface area contributed by atoms with Crippen LogP contribution in [0.15, 0.2) is 34.9 Å². The third kappa shape index (κ3) is 2.98. The Balaban J connectivity index is 2.33. The molecule has 2 aromatic rings. The molecular weight excluding hydrogens is 322 g/mol. The lowest BCUT2D eigenvalue weighted by Gasteiger charge is -2.10. The quantitative estimate of drug-likeness (QED) is 0.928. The van der Waals surface area contributed by atoms with E-state index in [4.69, 9.17) is 22.1 Å². The SMILES string of the molecule is NCc1cc(Br)ccc1Oc1ncc(Cl)cc1F. The molecule has 94 valence electrons. The normalized spacial score (nSPS) is 10.4. The van der Waals surface area contributed by atoms with Crippen molar-refractivity contribution in [3.05, 3.63) is 51.3 Å². The van der Waals surface area contributed by atoms with E-state index in [9.17, 15) is 4.39 Å². The summed E-state index contributed by atoms with van der Waals surface area (Å²) in [4.78, 5) is 3.79. The minimum absolute atomic E-state index is 0.128. The van der Waals surface area contributed by atoms with Crippen molar-refractivity contribution in [1.29, 1.82) is 0 Å². The Morgan fingerprint density at radius 1 is 1.39 bits per heavy atom. The van der Waals surface area contributed by atoms with Gasteiger partial charge in [-0.1, -0.05) is 27.5 Å². The summed E-state index contributed by atoms with van der Waals surface area (Å²) in [5.41, 5.74) is 6.35. The van der Waals surface area contributed by atoms with Crippen LogP contribution >= 0.6 is 27.5 Å². The molecule has 1 aromatic carbocycles. The largest absolute Gasteiger partial charge is 0.436 e. The predicted molar refractivity (Wildman–Crippen MR) is 71.3 cm³/mol. The molecule has 0 spiro atoms. The van der Waals surface area contributed by atoms with Gasteiger partial charge >= 0.3 is 0 Å². The van der Waals surface area contributed by atoms with E-state index in [1.54, 1.807) is 12.1 Å². The number of hydrogen-bond donors (Lipinski definition) is 1. The first kappa shape index (κ1) is 13.3. The van der Waals surface area contributed by atoms with Gasteiger partial charge in [0.1, 0.15) is 5.75 Å². The maximum absolute atomic E-state index is 13.5. The summed E-state index contributed by atoms with van der Waals surface area (Å²) < 4.78 is 19.8. The van der Waals surface area contributed by atoms with Gasteiger partial charge in [0, 0.05) is 22.8 Å². The lowest BCUT2D eigenvalue weighted by molar-refractivity contribution is 0.418. The highest BCUT2D eigenvalue weighted by molar-refractivity contribution is 9.10. The van der Waals surface area contributed by atoms with Gasteiger partial charge in [0.05, 0.1) is 5.02 Å². The average molecular weight is 332 g/mol. The van der Waals surface area contributed by atoms with E-state index in [0.29, 0.717) is 5.75 Å². The second kappa shape index (κ2) is 5.65. The second-order valence-electron chi connectivity index (χ2n) is 3.50. The topological polar surface area (TPSA) is 48.1 Å². The molecule has 0 aliphatic rings. The van der Waals surface area contributed by atoms with Crippen LogP contribution in [-0.4, -0.2) is 4.98 Å². The molecule has 3 nitrogen and oxygen atoms in total. The molecule has 0 atom stereocenters. The Morgan fingerprint density at radius 2 is 2.17 bits per heavy atom. The third-order valence-electron chi connectivity index (χ3n) is 2.22. The van der Waals surface area contributed by atoms with E-state index >= 15 is 0 Å². The van der Waals surface area contributed by atoms with Crippen LogP contribution in [-0.2, 0) is 6.54 Å². The fourth-order valence-electron chi connectivity index (χ4n) is 1.39. The molecular formula is C12H9BrClFN2O. The first-order chi connectivity index (χ1) is 8.60. The number of pyridine rings is 1. The van der Waals surface area contributed by atoms with E-state index < -0.39 is 5.82 Å². The Bertz CT molecular complexity index is 580. The maximum Gasteiger partial charge on any atom is 0.255 e. The van der Waals surface area contributed by atoms with E-state index in [0.717, 1.165) is 16.1 Å². The fraction of sp³-hybridized carbons (Fsp3) is 0.0833. The van der Waals surface area contributed by atoms with E-state index in [2.05, 4.69) is 20.9 Å². The Kier molecular flexibility index (Phi) is 4.16. The zero-order chi connectivity index (χ0) is 13.1. The van der Waals surface area contributed by atoms with Crippen molar-refractivity contribution in [2.75, 3.05) is 0 Å². The smallest absolute Gasteiger partial charge is 0.255 e. The van der Waals surface area contributed by atoms with Gasteiger partial charge in [-0.3, -0.25) is 0 Å². The standard InChI is InChI=1S/C12H9BrClFN2O/c13-8-1-2-11(7(3-8)5-16)18-12-10(15)4-9(14)6-17-12/h1-4,6H,5,16H2. The maximum atomic E-state index is 13.5. The molecule has 0 fully saturated rings. The van der Waals surface area contributed by atoms with Gasteiger partial charge in [-0.2, -0.15) is 0 Å². The summed E-state index contributed by atoms with van der Waals surface area (Å²) in [5, 5.41) is 0.217. The Labute approximate surface area is 117 Å². The number of nitrogens with two attached hydrogens (primary N) is 1. The first-order valence-corrected chi connectivity index (χ1v) is 6.24. The van der Waals surface area contributed by atoms with Crippen LogP contribution in [0.2, 0.25) is 5.02 Å². The summed E-state index contributed by atoms with van der Waals surface area (Å²) in [5.74, 6) is -0.278. The minimum atomic E-state index is -0.617. The van der Waals surface area contributed by atoms with Crippen LogP contribution in [0.1, 0.15) is 5.56 Å². The number of rotatable bonds is 3. The number of nitrogens with zero attached hydrogens (tertiary/aromatic N) is 1. The van der Waals surface area contributed by atoms with Crippen LogP contribution in [0, 0.1) is 5.82 Å². The van der Waals surface area contributed by atoms with Crippen LogP contribution < -0.4 is 10.5 Å². The molecule has 1 aromatic heterocycles. The number of aromatic nitrogens is 1. The lowest BCUT2D eigenvalue weighted by atomic mass is 10.2. The highest BCUT2D eigenvalue weighted by Gasteiger charge is 2.10. The van der Waals surface area contributed by atoms with E-state index in [-0.39, 0.29) is 17.4 Å². The van der Waals surface area contributed by atoms with Crippen LogP contribution in [0.5, 0.6) is 11.6 Å². The van der Waals surface area contributed by atoms with Crippen LogP contribution in [0.4, 0.5) is 4.39 Å². The Hall–Kier alpha value is -1.17. The molecule has 18 heavy (non-hydrogen) atoms. The van der Waals surface area contributed by atoms with Crippen molar-refractivity contribution in [1.82, 2.24) is 4.98 Å². The monoisotopic (exact) mass is 330 g/mol. The fourth-order valence-corrected chi connectivity index (χ4v) is 1.94. The van der Waals surface area contributed by atoms with Crippen molar-refractivity contribution in [2.24, 2.45) is 5.73 Å². The second-order valence-corrected chi connectivity index (χ2v) is 4.85. The number of ether oxygens (including phenoxy) is 1. The third-order valence-corrected chi connectivity index (χ3v) is 2.92. The van der Waals surface area contributed by atoms with Gasteiger partial charge in [-0.05, 0) is 24.3 Å². The molecule has 0 amide bonds. The van der Waals surface area contributed by atoms with Gasteiger partial charge in [0.15, 0.2) is 5.82 Å². The van der Waals surface area contributed by atoms with Gasteiger partial charge < -0.3 is 10.5 Å². The average Bonchev–Trinajstić information content (AvgIpc) is 2.34. The number of halogens is 3. The molecule has 6 heteroatoms. The van der Waals surface area contributed by atoms with Crippen LogP contribution in [0.3, 0.4) is 0 Å². The van der Waals surface area contributed by atoms with E-state index in [1.165, 1.54) is 6.20 Å². The van der Waals surface area contributed by atoms with Gasteiger partial charge in [-0.25, -0.2) is 9.37 Å². The number of benzene rings is 1. The Morgan fingerprint density at radius 3 is 2.83 bits per heavy atom. The molecule has 0 saturated heterocycles. The highest BCUT2D eigenvalue weighted by atomic mass is 79.9. The molecule has 0 bridgehead atoms. The predicted octanol–water partition coefficient (Wildman–Crippen LogP) is 3.89. The molecule has 0 saturated carbocycles. The summed E-state index contributed by atoms with van der Waals surface area (Å²) in [6.07, 6.45) is 1.32.